The lowest BCUT2D eigenvalue weighted by Crippen LogP contribution is -2.36. The van der Waals surface area contributed by atoms with Crippen LogP contribution in [0.3, 0.4) is 0 Å². The van der Waals surface area contributed by atoms with Crippen LogP contribution in [0.15, 0.2) is 60.8 Å². The van der Waals surface area contributed by atoms with E-state index < -0.39 is 0 Å². The molecule has 31 heavy (non-hydrogen) atoms. The van der Waals surface area contributed by atoms with Gasteiger partial charge >= 0.3 is 0 Å². The lowest BCUT2D eigenvalue weighted by atomic mass is 10.0. The average Bonchev–Trinajstić information content (AvgIpc) is 3.18. The van der Waals surface area contributed by atoms with E-state index in [9.17, 15) is 4.79 Å². The Morgan fingerprint density at radius 1 is 1.16 bits per heavy atom. The second-order valence-electron chi connectivity index (χ2n) is 8.11. The molecule has 1 fully saturated rings. The van der Waals surface area contributed by atoms with Gasteiger partial charge in [-0.3, -0.25) is 9.78 Å². The molecule has 1 unspecified atom stereocenters. The summed E-state index contributed by atoms with van der Waals surface area (Å²) in [5.74, 6) is 0.0360. The third-order valence-electron chi connectivity index (χ3n) is 5.91. The maximum Gasteiger partial charge on any atom is 0.264 e. The molecule has 0 spiro atoms. The first-order chi connectivity index (χ1) is 15.1. The molecule has 5 rings (SSSR count). The molecule has 6 heteroatoms. The summed E-state index contributed by atoms with van der Waals surface area (Å²) in [6.45, 7) is 2.91. The molecular weight excluding hydrogens is 406 g/mol. The fourth-order valence-electron chi connectivity index (χ4n) is 4.30. The number of fused-ring (bicyclic) bond motifs is 2. The van der Waals surface area contributed by atoms with Crippen LogP contribution in [-0.2, 0) is 11.3 Å². The SMILES string of the molecule is CN1CCOC(c2c(C(=O)N(C)Cc3cccc4ncccc34)sc3ccccc23)C1. The molecular formula is C25H25N3O2S. The zero-order valence-corrected chi connectivity index (χ0v) is 18.6. The number of rotatable bonds is 4. The van der Waals surface area contributed by atoms with Crippen LogP contribution in [0.4, 0.5) is 0 Å². The number of pyridine rings is 1. The number of benzene rings is 2. The summed E-state index contributed by atoms with van der Waals surface area (Å²) in [7, 11) is 3.98. The predicted molar refractivity (Wildman–Crippen MR) is 126 cm³/mol. The molecule has 0 saturated carbocycles. The molecule has 5 nitrogen and oxygen atoms in total. The molecule has 1 aliphatic rings. The van der Waals surface area contributed by atoms with E-state index >= 15 is 0 Å². The Morgan fingerprint density at radius 3 is 2.87 bits per heavy atom. The number of morpholine rings is 1. The molecule has 1 aliphatic heterocycles. The Hall–Kier alpha value is -2.80. The summed E-state index contributed by atoms with van der Waals surface area (Å²) < 4.78 is 7.26. The van der Waals surface area contributed by atoms with E-state index in [1.54, 1.807) is 17.5 Å². The average molecular weight is 432 g/mol. The number of amides is 1. The molecule has 0 N–H and O–H groups in total. The predicted octanol–water partition coefficient (Wildman–Crippen LogP) is 4.72. The van der Waals surface area contributed by atoms with Crippen molar-refractivity contribution in [3.8, 4) is 0 Å². The number of hydrogen-bond acceptors (Lipinski definition) is 5. The first-order valence-electron chi connectivity index (χ1n) is 10.5. The topological polar surface area (TPSA) is 45.7 Å². The van der Waals surface area contributed by atoms with E-state index in [1.165, 1.54) is 0 Å². The monoisotopic (exact) mass is 431 g/mol. The van der Waals surface area contributed by atoms with Crippen LogP contribution >= 0.6 is 11.3 Å². The number of carbonyl (C=O) groups excluding carboxylic acids is 1. The summed E-state index contributed by atoms with van der Waals surface area (Å²) in [5, 5.41) is 2.21. The third kappa shape index (κ3) is 3.83. The zero-order valence-electron chi connectivity index (χ0n) is 17.7. The van der Waals surface area contributed by atoms with Crippen molar-refractivity contribution in [3.05, 3.63) is 76.8 Å². The van der Waals surface area contributed by atoms with E-state index in [1.807, 2.05) is 42.3 Å². The van der Waals surface area contributed by atoms with Crippen molar-refractivity contribution in [2.24, 2.45) is 0 Å². The minimum atomic E-state index is -0.0935. The largest absolute Gasteiger partial charge is 0.371 e. The molecule has 158 valence electrons. The van der Waals surface area contributed by atoms with Gasteiger partial charge in [0.2, 0.25) is 0 Å². The number of likely N-dealkylation sites (N-methyl/N-ethyl adjacent to an activating group) is 1. The normalized spacial score (nSPS) is 17.3. The van der Waals surface area contributed by atoms with Gasteiger partial charge in [-0.15, -0.1) is 11.3 Å². The summed E-state index contributed by atoms with van der Waals surface area (Å²) in [4.78, 5) is 22.9. The molecule has 0 aliphatic carbocycles. The summed E-state index contributed by atoms with van der Waals surface area (Å²) in [5.41, 5.74) is 3.07. The molecule has 2 aromatic carbocycles. The first-order valence-corrected chi connectivity index (χ1v) is 11.3. The standard InChI is InChI=1S/C25H25N3O2S/c1-27-13-14-30-21(16-27)23-19-8-3-4-11-22(19)31-24(23)25(29)28(2)15-17-7-5-10-20-18(17)9-6-12-26-20/h3-12,21H,13-16H2,1-2H3. The van der Waals surface area contributed by atoms with Gasteiger partial charge in [0.1, 0.15) is 0 Å². The molecule has 3 heterocycles. The second kappa shape index (κ2) is 8.38. The van der Waals surface area contributed by atoms with Gasteiger partial charge in [0.15, 0.2) is 0 Å². The van der Waals surface area contributed by atoms with Gasteiger partial charge in [-0.2, -0.15) is 0 Å². The highest BCUT2D eigenvalue weighted by Crippen LogP contribution is 2.38. The first kappa shape index (κ1) is 20.1. The van der Waals surface area contributed by atoms with E-state index in [2.05, 4.69) is 41.2 Å². The van der Waals surface area contributed by atoms with E-state index in [-0.39, 0.29) is 12.0 Å². The molecule has 0 bridgehead atoms. The molecule has 1 saturated heterocycles. The fraction of sp³-hybridized carbons (Fsp3) is 0.280. The van der Waals surface area contributed by atoms with Gasteiger partial charge in [0.05, 0.1) is 23.1 Å². The maximum absolute atomic E-state index is 13.7. The van der Waals surface area contributed by atoms with Gasteiger partial charge in [-0.1, -0.05) is 36.4 Å². The second-order valence-corrected chi connectivity index (χ2v) is 9.16. The van der Waals surface area contributed by atoms with Crippen LogP contribution in [0.2, 0.25) is 0 Å². The van der Waals surface area contributed by atoms with Crippen molar-refractivity contribution in [1.29, 1.82) is 0 Å². The Morgan fingerprint density at radius 2 is 2.00 bits per heavy atom. The maximum atomic E-state index is 13.7. The van der Waals surface area contributed by atoms with Crippen LogP contribution in [0.5, 0.6) is 0 Å². The van der Waals surface area contributed by atoms with Crippen LogP contribution < -0.4 is 0 Å². The Bertz CT molecular complexity index is 1250. The molecule has 1 atom stereocenters. The lowest BCUT2D eigenvalue weighted by molar-refractivity contribution is -0.0203. The van der Waals surface area contributed by atoms with E-state index in [0.29, 0.717) is 13.2 Å². The Labute approximate surface area is 185 Å². The Balaban J connectivity index is 1.51. The van der Waals surface area contributed by atoms with E-state index in [4.69, 9.17) is 4.74 Å². The van der Waals surface area contributed by atoms with Crippen molar-refractivity contribution in [2.75, 3.05) is 33.8 Å². The quantitative estimate of drug-likeness (QED) is 0.469. The number of aromatic nitrogens is 1. The molecule has 0 radical (unpaired) electrons. The number of hydrogen-bond donors (Lipinski definition) is 0. The fourth-order valence-corrected chi connectivity index (χ4v) is 5.55. The number of nitrogens with zero attached hydrogens (tertiary/aromatic N) is 3. The third-order valence-corrected chi connectivity index (χ3v) is 7.08. The number of ether oxygens (including phenoxy) is 1. The Kier molecular flexibility index (Phi) is 5.44. The van der Waals surface area contributed by atoms with Crippen molar-refractivity contribution in [3.63, 3.8) is 0 Å². The molecule has 4 aromatic rings. The van der Waals surface area contributed by atoms with Gasteiger partial charge in [-0.05, 0) is 36.2 Å². The van der Waals surface area contributed by atoms with Crippen LogP contribution in [-0.4, -0.2) is 54.5 Å². The van der Waals surface area contributed by atoms with Crippen LogP contribution in [0.25, 0.3) is 21.0 Å². The minimum absolute atomic E-state index is 0.0360. The number of thiophene rings is 1. The van der Waals surface area contributed by atoms with E-state index in [0.717, 1.165) is 50.1 Å². The van der Waals surface area contributed by atoms with Gasteiger partial charge in [0, 0.05) is 48.5 Å². The summed E-state index contributed by atoms with van der Waals surface area (Å²) in [6, 6.07) is 18.3. The van der Waals surface area contributed by atoms with Crippen molar-refractivity contribution in [2.45, 2.75) is 12.6 Å². The summed E-state index contributed by atoms with van der Waals surface area (Å²) in [6.07, 6.45) is 1.70. The van der Waals surface area contributed by atoms with Crippen LogP contribution in [0, 0.1) is 0 Å². The minimum Gasteiger partial charge on any atom is -0.371 e. The van der Waals surface area contributed by atoms with Crippen molar-refractivity contribution >= 4 is 38.2 Å². The number of carbonyl (C=O) groups is 1. The molecule has 1 amide bonds. The lowest BCUT2D eigenvalue weighted by Gasteiger charge is -2.31. The smallest absolute Gasteiger partial charge is 0.264 e. The highest BCUT2D eigenvalue weighted by Gasteiger charge is 2.30. The van der Waals surface area contributed by atoms with Gasteiger partial charge in [-0.25, -0.2) is 0 Å². The van der Waals surface area contributed by atoms with Crippen LogP contribution in [0.1, 0.15) is 26.9 Å². The van der Waals surface area contributed by atoms with Crippen molar-refractivity contribution < 1.29 is 9.53 Å². The summed E-state index contributed by atoms with van der Waals surface area (Å²) >= 11 is 1.57. The van der Waals surface area contributed by atoms with Gasteiger partial charge < -0.3 is 14.5 Å². The zero-order chi connectivity index (χ0) is 21.4. The highest BCUT2D eigenvalue weighted by molar-refractivity contribution is 7.21. The van der Waals surface area contributed by atoms with Crippen molar-refractivity contribution in [1.82, 2.24) is 14.8 Å². The highest BCUT2D eigenvalue weighted by atomic mass is 32.1. The van der Waals surface area contributed by atoms with Gasteiger partial charge in [0.25, 0.3) is 5.91 Å². The molecule has 2 aromatic heterocycles.